The molecule has 0 amide bonds. The Bertz CT molecular complexity index is 578. The summed E-state index contributed by atoms with van der Waals surface area (Å²) in [6, 6.07) is 8.43. The van der Waals surface area contributed by atoms with Crippen molar-refractivity contribution in [3.63, 3.8) is 0 Å². The first kappa shape index (κ1) is 21.2. The number of benzene rings is 1. The number of rotatable bonds is 2. The molecule has 0 spiro atoms. The van der Waals surface area contributed by atoms with Gasteiger partial charge in [0.05, 0.1) is 5.56 Å². The van der Waals surface area contributed by atoms with E-state index < -0.39 is 5.97 Å². The van der Waals surface area contributed by atoms with E-state index in [1.165, 1.54) is 12.3 Å². The number of pyridine rings is 1. The van der Waals surface area contributed by atoms with Crippen molar-refractivity contribution in [1.29, 1.82) is 0 Å². The third kappa shape index (κ3) is 4.80. The third-order valence-electron chi connectivity index (χ3n) is 2.24. The molecule has 0 aliphatic carbocycles. The molecule has 4 N–H and O–H groups in total. The van der Waals surface area contributed by atoms with E-state index in [0.29, 0.717) is 10.6 Å². The van der Waals surface area contributed by atoms with Crippen LogP contribution in [0.4, 0.5) is 0 Å². The number of hydrogen-bond donors (Lipinski definition) is 1. The Hall–Kier alpha value is -1.06. The fourth-order valence-corrected chi connectivity index (χ4v) is 1.74. The number of aromatic carboxylic acids is 1. The Morgan fingerprint density at radius 3 is 2.20 bits per heavy atom. The van der Waals surface area contributed by atoms with Crippen molar-refractivity contribution in [3.8, 4) is 11.1 Å². The summed E-state index contributed by atoms with van der Waals surface area (Å²) < 4.78 is 0. The number of carboxylic acids is 1. The minimum Gasteiger partial charge on any atom is -0.870 e. The first-order valence-corrected chi connectivity index (χ1v) is 5.48. The SMILES string of the molecule is O.O=C(O)c1cnc(Cl)c(-c2ccc(Cl)cc2)c1.[Li+].[OH-]. The van der Waals surface area contributed by atoms with Gasteiger partial charge in [-0.1, -0.05) is 35.3 Å². The van der Waals surface area contributed by atoms with Crippen LogP contribution in [-0.2, 0) is 0 Å². The standard InChI is InChI=1S/C12H7Cl2NO2.Li.2H2O/c13-9-3-1-7(2-4-9)10-5-8(12(16)17)6-15-11(10)14;;;/h1-6H,(H,16,17);;2*1H2/q;+1;;/p-1. The predicted octanol–water partition coefficient (Wildman–Crippen LogP) is -0.244. The van der Waals surface area contributed by atoms with Gasteiger partial charge in [0.25, 0.3) is 0 Å². The summed E-state index contributed by atoms with van der Waals surface area (Å²) in [4.78, 5) is 14.7. The van der Waals surface area contributed by atoms with Crippen LogP contribution in [0, 0.1) is 0 Å². The van der Waals surface area contributed by atoms with Crippen LogP contribution in [0.15, 0.2) is 36.5 Å². The van der Waals surface area contributed by atoms with Gasteiger partial charge in [0.15, 0.2) is 0 Å². The van der Waals surface area contributed by atoms with Gasteiger partial charge in [-0.05, 0) is 23.8 Å². The quantitative estimate of drug-likeness (QED) is 0.609. The third-order valence-corrected chi connectivity index (χ3v) is 2.79. The van der Waals surface area contributed by atoms with Crippen molar-refractivity contribution in [3.05, 3.63) is 52.3 Å². The van der Waals surface area contributed by atoms with Crippen molar-refractivity contribution in [2.45, 2.75) is 0 Å². The maximum absolute atomic E-state index is 10.8. The summed E-state index contributed by atoms with van der Waals surface area (Å²) in [5.41, 5.74) is 1.44. The number of nitrogens with zero attached hydrogens (tertiary/aromatic N) is 1. The Morgan fingerprint density at radius 2 is 1.70 bits per heavy atom. The molecule has 5 nitrogen and oxygen atoms in total. The first-order valence-electron chi connectivity index (χ1n) is 4.72. The Morgan fingerprint density at radius 1 is 1.15 bits per heavy atom. The molecule has 0 unspecified atom stereocenters. The summed E-state index contributed by atoms with van der Waals surface area (Å²) in [6.07, 6.45) is 1.23. The van der Waals surface area contributed by atoms with Crippen LogP contribution in [-0.4, -0.2) is 27.0 Å². The van der Waals surface area contributed by atoms with Crippen LogP contribution >= 0.6 is 23.2 Å². The van der Waals surface area contributed by atoms with Crippen molar-refractivity contribution >= 4 is 29.2 Å². The van der Waals surface area contributed by atoms with E-state index >= 15 is 0 Å². The molecule has 2 aromatic rings. The monoisotopic (exact) mass is 309 g/mol. The normalized spacial score (nSPS) is 8.70. The molecule has 1 aromatic heterocycles. The van der Waals surface area contributed by atoms with E-state index in [-0.39, 0.29) is 40.5 Å². The topological polar surface area (TPSA) is 112 Å². The van der Waals surface area contributed by atoms with Crippen LogP contribution in [0.2, 0.25) is 10.2 Å². The van der Waals surface area contributed by atoms with Gasteiger partial charge < -0.3 is 16.1 Å². The van der Waals surface area contributed by atoms with Gasteiger partial charge in [-0.3, -0.25) is 0 Å². The van der Waals surface area contributed by atoms with Crippen LogP contribution in [0.1, 0.15) is 10.4 Å². The summed E-state index contributed by atoms with van der Waals surface area (Å²) >= 11 is 11.7. The van der Waals surface area contributed by atoms with Crippen molar-refractivity contribution in [2.24, 2.45) is 0 Å². The molecule has 1 heterocycles. The average molecular weight is 310 g/mol. The van der Waals surface area contributed by atoms with Crippen LogP contribution < -0.4 is 18.9 Å². The van der Waals surface area contributed by atoms with Gasteiger partial charge in [-0.15, -0.1) is 0 Å². The molecule has 0 bridgehead atoms. The molecule has 102 valence electrons. The Balaban J connectivity index is 0. The van der Waals surface area contributed by atoms with E-state index in [0.717, 1.165) is 5.56 Å². The summed E-state index contributed by atoms with van der Waals surface area (Å²) in [6.45, 7) is 0. The minimum atomic E-state index is -1.04. The van der Waals surface area contributed by atoms with E-state index in [1.54, 1.807) is 24.3 Å². The van der Waals surface area contributed by atoms with Gasteiger partial charge in [0, 0.05) is 16.8 Å². The molecular weight excluding hydrogens is 300 g/mol. The van der Waals surface area contributed by atoms with Crippen molar-refractivity contribution in [1.82, 2.24) is 4.98 Å². The summed E-state index contributed by atoms with van der Waals surface area (Å²) in [7, 11) is 0. The van der Waals surface area contributed by atoms with Crippen LogP contribution in [0.25, 0.3) is 11.1 Å². The molecule has 2 rings (SSSR count). The molecule has 0 aliphatic heterocycles. The first-order chi connectivity index (χ1) is 8.08. The van der Waals surface area contributed by atoms with Crippen molar-refractivity contribution < 1.29 is 39.7 Å². The van der Waals surface area contributed by atoms with E-state index in [4.69, 9.17) is 28.3 Å². The second-order valence-corrected chi connectivity index (χ2v) is 4.17. The van der Waals surface area contributed by atoms with Crippen LogP contribution in [0.3, 0.4) is 0 Å². The van der Waals surface area contributed by atoms with E-state index in [2.05, 4.69) is 4.98 Å². The van der Waals surface area contributed by atoms with Gasteiger partial charge in [0.2, 0.25) is 0 Å². The molecule has 0 atom stereocenters. The van der Waals surface area contributed by atoms with Crippen LogP contribution in [0.5, 0.6) is 0 Å². The molecule has 0 radical (unpaired) electrons. The summed E-state index contributed by atoms with van der Waals surface area (Å²) in [5, 5.41) is 9.75. The molecule has 0 aliphatic rings. The number of halogens is 2. The number of carboxylic acid groups (broad SMARTS) is 1. The van der Waals surface area contributed by atoms with E-state index in [1.807, 2.05) is 0 Å². The molecule has 1 aromatic carbocycles. The summed E-state index contributed by atoms with van der Waals surface area (Å²) in [5.74, 6) is -1.04. The molecule has 8 heteroatoms. The smallest absolute Gasteiger partial charge is 0.870 e. The number of hydrogen-bond acceptors (Lipinski definition) is 3. The minimum absolute atomic E-state index is 0. The molecule has 20 heavy (non-hydrogen) atoms. The van der Waals surface area contributed by atoms with E-state index in [9.17, 15) is 4.79 Å². The van der Waals surface area contributed by atoms with Gasteiger partial charge in [-0.25, -0.2) is 9.78 Å². The van der Waals surface area contributed by atoms with Crippen molar-refractivity contribution in [2.75, 3.05) is 0 Å². The molecule has 0 saturated carbocycles. The van der Waals surface area contributed by atoms with Gasteiger partial charge >= 0.3 is 24.8 Å². The average Bonchev–Trinajstić information content (AvgIpc) is 2.31. The molecule has 0 fully saturated rings. The van der Waals surface area contributed by atoms with Gasteiger partial charge in [0.1, 0.15) is 5.15 Å². The second-order valence-electron chi connectivity index (χ2n) is 3.37. The fraction of sp³-hybridized carbons (Fsp3) is 0. The second kappa shape index (κ2) is 8.98. The Labute approximate surface area is 137 Å². The predicted molar refractivity (Wildman–Crippen MR) is 72.2 cm³/mol. The number of carbonyl (C=O) groups is 1. The number of aromatic nitrogens is 1. The zero-order valence-corrected chi connectivity index (χ0v) is 12.0. The van der Waals surface area contributed by atoms with Gasteiger partial charge in [-0.2, -0.15) is 0 Å². The fourth-order valence-electron chi connectivity index (χ4n) is 1.40. The maximum atomic E-state index is 10.8. The largest absolute Gasteiger partial charge is 1.00 e. The molecular formula is C12H10Cl2LiNO4. The Kier molecular flexibility index (Phi) is 9.54. The maximum Gasteiger partial charge on any atom is 1.00 e. The molecule has 0 saturated heterocycles. The zero-order valence-electron chi connectivity index (χ0n) is 10.5. The zero-order chi connectivity index (χ0) is 12.4.